The summed E-state index contributed by atoms with van der Waals surface area (Å²) in [7, 11) is 1.71. The summed E-state index contributed by atoms with van der Waals surface area (Å²) in [4.78, 5) is 21.9. The molecule has 2 atom stereocenters. The fourth-order valence-corrected chi connectivity index (χ4v) is 3.44. The zero-order valence-electron chi connectivity index (χ0n) is 20.5. The Morgan fingerprint density at radius 1 is 0.871 bits per heavy atom. The van der Waals surface area contributed by atoms with E-state index in [1.54, 1.807) is 0 Å². The molecule has 0 aromatic carbocycles. The number of quaternary nitrogens is 1. The molecule has 31 heavy (non-hydrogen) atoms. The van der Waals surface area contributed by atoms with Gasteiger partial charge in [-0.25, -0.2) is 4.57 Å². The van der Waals surface area contributed by atoms with Gasteiger partial charge in [0.1, 0.15) is 25.9 Å². The summed E-state index contributed by atoms with van der Waals surface area (Å²) >= 11 is 0. The van der Waals surface area contributed by atoms with Gasteiger partial charge in [0.05, 0.1) is 27.7 Å². The van der Waals surface area contributed by atoms with Gasteiger partial charge in [-0.05, 0) is 12.8 Å². The number of rotatable bonds is 21. The van der Waals surface area contributed by atoms with Gasteiger partial charge >= 0.3 is 13.8 Å². The van der Waals surface area contributed by atoms with Crippen LogP contribution < -0.4 is 0 Å². The number of esters is 1. The highest BCUT2D eigenvalue weighted by Gasteiger charge is 2.25. The second-order valence-electron chi connectivity index (χ2n) is 9.01. The number of hydrogen-bond donors (Lipinski definition) is 1. The second kappa shape index (κ2) is 18.0. The third-order valence-corrected chi connectivity index (χ3v) is 5.69. The monoisotopic (exact) mass is 468 g/mol. The molecule has 0 bridgehead atoms. The Morgan fingerprint density at radius 3 is 2.10 bits per heavy atom. The van der Waals surface area contributed by atoms with Crippen molar-refractivity contribution in [2.45, 2.75) is 84.2 Å². The van der Waals surface area contributed by atoms with Crippen LogP contribution >= 0.6 is 7.82 Å². The van der Waals surface area contributed by atoms with Gasteiger partial charge in [-0.15, -0.1) is 0 Å². The number of ether oxygens (including phenoxy) is 2. The maximum Gasteiger partial charge on any atom is 0.472 e. The SMILES string of the molecule is CCCCCCCOC(COC(=O)CCCCCC)COP(=O)(O)OCC[N+](C)(C)C. The van der Waals surface area contributed by atoms with Gasteiger partial charge in [0.15, 0.2) is 0 Å². The minimum Gasteiger partial charge on any atom is -0.463 e. The number of phosphoric ester groups is 1. The largest absolute Gasteiger partial charge is 0.472 e. The van der Waals surface area contributed by atoms with Crippen LogP contribution in [0.3, 0.4) is 0 Å². The van der Waals surface area contributed by atoms with E-state index < -0.39 is 13.9 Å². The Bertz CT molecular complexity index is 497. The number of unbranched alkanes of at least 4 members (excludes halogenated alkanes) is 7. The first kappa shape index (κ1) is 30.5. The van der Waals surface area contributed by atoms with Crippen molar-refractivity contribution in [2.75, 3.05) is 54.1 Å². The van der Waals surface area contributed by atoms with E-state index in [9.17, 15) is 14.3 Å². The molecule has 0 aromatic rings. The highest BCUT2D eigenvalue weighted by molar-refractivity contribution is 7.47. The number of carbonyl (C=O) groups excluding carboxylic acids is 1. The molecule has 0 aliphatic rings. The van der Waals surface area contributed by atoms with Crippen LogP contribution in [0.4, 0.5) is 0 Å². The Kier molecular flexibility index (Phi) is 17.7. The van der Waals surface area contributed by atoms with Gasteiger partial charge < -0.3 is 18.9 Å². The van der Waals surface area contributed by atoms with Crippen LogP contribution in [0.1, 0.15) is 78.1 Å². The molecular weight excluding hydrogens is 421 g/mol. The van der Waals surface area contributed by atoms with E-state index in [1.807, 2.05) is 21.1 Å². The van der Waals surface area contributed by atoms with Gasteiger partial charge in [0, 0.05) is 13.0 Å². The van der Waals surface area contributed by atoms with Crippen LogP contribution in [-0.4, -0.2) is 75.6 Å². The third kappa shape index (κ3) is 21.1. The summed E-state index contributed by atoms with van der Waals surface area (Å²) in [5.74, 6) is -0.279. The number of nitrogens with zero attached hydrogens (tertiary/aromatic N) is 1. The van der Waals surface area contributed by atoms with Gasteiger partial charge in [-0.3, -0.25) is 13.8 Å². The predicted octanol–water partition coefficient (Wildman–Crippen LogP) is 4.70. The maximum atomic E-state index is 12.1. The molecule has 8 nitrogen and oxygen atoms in total. The first-order valence-electron chi connectivity index (χ1n) is 11.8. The number of phosphoric acid groups is 1. The Morgan fingerprint density at radius 2 is 1.48 bits per heavy atom. The van der Waals surface area contributed by atoms with Gasteiger partial charge in [-0.1, -0.05) is 58.8 Å². The van der Waals surface area contributed by atoms with Crippen LogP contribution in [-0.2, 0) is 27.9 Å². The average molecular weight is 469 g/mol. The summed E-state index contributed by atoms with van der Waals surface area (Å²) in [6, 6.07) is 0. The lowest BCUT2D eigenvalue weighted by Gasteiger charge is -2.24. The topological polar surface area (TPSA) is 91.3 Å². The lowest BCUT2D eigenvalue weighted by molar-refractivity contribution is -0.870. The fraction of sp³-hybridized carbons (Fsp3) is 0.955. The zero-order valence-corrected chi connectivity index (χ0v) is 21.4. The normalized spacial score (nSPS) is 14.9. The molecule has 0 amide bonds. The molecule has 0 aromatic heterocycles. The summed E-state index contributed by atoms with van der Waals surface area (Å²) in [5, 5.41) is 0. The lowest BCUT2D eigenvalue weighted by Crippen LogP contribution is -2.37. The molecule has 9 heteroatoms. The van der Waals surface area contributed by atoms with Crippen molar-refractivity contribution < 1.29 is 37.3 Å². The highest BCUT2D eigenvalue weighted by Crippen LogP contribution is 2.43. The smallest absolute Gasteiger partial charge is 0.463 e. The molecule has 2 unspecified atom stereocenters. The van der Waals surface area contributed by atoms with Crippen molar-refractivity contribution in [1.29, 1.82) is 0 Å². The average Bonchev–Trinajstić information content (AvgIpc) is 2.68. The van der Waals surface area contributed by atoms with E-state index in [4.69, 9.17) is 18.5 Å². The summed E-state index contributed by atoms with van der Waals surface area (Å²) in [6.07, 6.45) is 9.26. The first-order chi connectivity index (χ1) is 14.6. The Hall–Kier alpha value is -0.500. The third-order valence-electron chi connectivity index (χ3n) is 4.71. The highest BCUT2D eigenvalue weighted by atomic mass is 31.2. The van der Waals surface area contributed by atoms with Crippen molar-refractivity contribution in [1.82, 2.24) is 0 Å². The molecule has 0 aliphatic carbocycles. The summed E-state index contributed by atoms with van der Waals surface area (Å²) < 4.78 is 34.0. The van der Waals surface area contributed by atoms with Crippen LogP contribution in [0.15, 0.2) is 0 Å². The quantitative estimate of drug-likeness (QED) is 0.113. The number of likely N-dealkylation sites (N-methyl/N-ethyl adjacent to an activating group) is 1. The molecule has 1 N–H and O–H groups in total. The number of hydrogen-bond acceptors (Lipinski definition) is 6. The minimum absolute atomic E-state index is 0.000448. The Labute approximate surface area is 189 Å². The first-order valence-corrected chi connectivity index (χ1v) is 13.3. The Balaban J connectivity index is 4.43. The molecular formula is C22H47NO7P+. The molecule has 0 fully saturated rings. The van der Waals surface area contributed by atoms with Crippen molar-refractivity contribution in [3.63, 3.8) is 0 Å². The standard InChI is InChI=1S/C22H46NO7P/c1-6-8-10-12-14-17-27-21(19-28-22(24)15-13-11-9-7-2)20-30-31(25,26)29-18-16-23(3,4)5/h21H,6-20H2,1-5H3/p+1. The van der Waals surface area contributed by atoms with E-state index in [-0.39, 0.29) is 25.8 Å². The molecule has 0 aliphatic heterocycles. The molecule has 186 valence electrons. The molecule has 0 radical (unpaired) electrons. The van der Waals surface area contributed by atoms with Crippen molar-refractivity contribution in [3.05, 3.63) is 0 Å². The van der Waals surface area contributed by atoms with Crippen LogP contribution in [0.2, 0.25) is 0 Å². The minimum atomic E-state index is -4.19. The second-order valence-corrected chi connectivity index (χ2v) is 10.5. The van der Waals surface area contributed by atoms with Crippen molar-refractivity contribution in [3.8, 4) is 0 Å². The van der Waals surface area contributed by atoms with E-state index in [2.05, 4.69) is 13.8 Å². The predicted molar refractivity (Wildman–Crippen MR) is 123 cm³/mol. The van der Waals surface area contributed by atoms with E-state index in [0.29, 0.717) is 24.1 Å². The zero-order chi connectivity index (χ0) is 23.6. The summed E-state index contributed by atoms with van der Waals surface area (Å²) in [5.41, 5.74) is 0. The van der Waals surface area contributed by atoms with Crippen LogP contribution in [0.25, 0.3) is 0 Å². The van der Waals surface area contributed by atoms with Gasteiger partial charge in [0.25, 0.3) is 0 Å². The van der Waals surface area contributed by atoms with Crippen LogP contribution in [0, 0.1) is 0 Å². The van der Waals surface area contributed by atoms with E-state index >= 15 is 0 Å². The maximum absolute atomic E-state index is 12.1. The van der Waals surface area contributed by atoms with Crippen LogP contribution in [0.5, 0.6) is 0 Å². The molecule has 0 saturated carbocycles. The molecule has 0 spiro atoms. The molecule has 0 heterocycles. The van der Waals surface area contributed by atoms with Crippen molar-refractivity contribution in [2.24, 2.45) is 0 Å². The molecule has 0 rings (SSSR count). The van der Waals surface area contributed by atoms with Crippen molar-refractivity contribution >= 4 is 13.8 Å². The van der Waals surface area contributed by atoms with E-state index in [1.165, 1.54) is 12.8 Å². The van der Waals surface area contributed by atoms with Gasteiger partial charge in [0.2, 0.25) is 0 Å². The number of carbonyl (C=O) groups is 1. The molecule has 0 saturated heterocycles. The van der Waals surface area contributed by atoms with Gasteiger partial charge in [-0.2, -0.15) is 0 Å². The summed E-state index contributed by atoms with van der Waals surface area (Å²) in [6.45, 7) is 5.28. The fourth-order valence-electron chi connectivity index (χ4n) is 2.70. The lowest BCUT2D eigenvalue weighted by atomic mass is 10.1. The van der Waals surface area contributed by atoms with E-state index in [0.717, 1.165) is 44.9 Å².